The number of nitrogens with one attached hydrogen (secondary N) is 1. The monoisotopic (exact) mass is 302 g/mol. The number of halogens is 1. The van der Waals surface area contributed by atoms with Crippen LogP contribution < -0.4 is 11.1 Å². The molecule has 0 heterocycles. The number of nitrogens with two attached hydrogens (primary N) is 1. The first kappa shape index (κ1) is 16.0. The zero-order valence-corrected chi connectivity index (χ0v) is 12.9. The molecule has 0 aliphatic rings. The number of rotatable bonds is 5. The van der Waals surface area contributed by atoms with E-state index in [0.717, 1.165) is 6.42 Å². The maximum Gasteiger partial charge on any atom is 0.233 e. The van der Waals surface area contributed by atoms with Crippen LogP contribution in [0.4, 0.5) is 5.69 Å². The van der Waals surface area contributed by atoms with Gasteiger partial charge in [-0.05, 0) is 38.5 Å². The van der Waals surface area contributed by atoms with Crippen LogP contribution in [0.25, 0.3) is 0 Å². The highest BCUT2D eigenvalue weighted by Crippen LogP contribution is 2.22. The molecule has 0 aromatic heterocycles. The van der Waals surface area contributed by atoms with Crippen molar-refractivity contribution in [1.82, 2.24) is 5.32 Å². The van der Waals surface area contributed by atoms with E-state index in [1.54, 1.807) is 12.1 Å². The second kappa shape index (κ2) is 6.39. The van der Waals surface area contributed by atoms with Crippen LogP contribution in [-0.4, -0.2) is 21.4 Å². The van der Waals surface area contributed by atoms with Gasteiger partial charge in [0.15, 0.2) is 0 Å². The summed E-state index contributed by atoms with van der Waals surface area (Å²) >= 11 is 5.95. The third-order valence-electron chi connectivity index (χ3n) is 2.82. The van der Waals surface area contributed by atoms with Gasteiger partial charge in [-0.15, -0.1) is 0 Å². The van der Waals surface area contributed by atoms with Crippen molar-refractivity contribution in [3.63, 3.8) is 0 Å². The summed E-state index contributed by atoms with van der Waals surface area (Å²) in [5.74, 6) is -0.379. The first-order valence-corrected chi connectivity index (χ1v) is 7.69. The topological polar surface area (TPSA) is 72.2 Å². The lowest BCUT2D eigenvalue weighted by atomic mass is 10.0. The zero-order valence-electron chi connectivity index (χ0n) is 11.3. The summed E-state index contributed by atoms with van der Waals surface area (Å²) < 4.78 is 12.1. The number of nitrogen functional groups attached to an aromatic ring is 1. The molecule has 0 saturated carbocycles. The van der Waals surface area contributed by atoms with Crippen molar-refractivity contribution in [2.24, 2.45) is 0 Å². The number of hydrogen-bond acceptors (Lipinski definition) is 3. The minimum atomic E-state index is -1.50. The lowest BCUT2D eigenvalue weighted by Crippen LogP contribution is -2.44. The zero-order chi connectivity index (χ0) is 14.6. The Morgan fingerprint density at radius 2 is 2.11 bits per heavy atom. The van der Waals surface area contributed by atoms with Crippen molar-refractivity contribution in [1.29, 1.82) is 0 Å². The summed E-state index contributed by atoms with van der Waals surface area (Å²) in [5.41, 5.74) is 5.80. The van der Waals surface area contributed by atoms with Gasteiger partial charge >= 0.3 is 0 Å². The number of hydrogen-bond donors (Lipinski definition) is 2. The lowest BCUT2D eigenvalue weighted by molar-refractivity contribution is -0.120. The first-order chi connectivity index (χ1) is 8.75. The standard InChI is InChI=1S/C13H19ClN2O2S/c1-4-13(2,3)16-12(17)8-19(18)11-7-9(15)5-6-10(11)14/h5-7H,4,8,15H2,1-3H3,(H,16,17). The summed E-state index contributed by atoms with van der Waals surface area (Å²) in [6, 6.07) is 4.75. The summed E-state index contributed by atoms with van der Waals surface area (Å²) in [6.45, 7) is 5.81. The van der Waals surface area contributed by atoms with Crippen LogP contribution in [-0.2, 0) is 15.6 Å². The van der Waals surface area contributed by atoms with E-state index >= 15 is 0 Å². The molecule has 4 nitrogen and oxygen atoms in total. The molecule has 6 heteroatoms. The fraction of sp³-hybridized carbons (Fsp3) is 0.462. The van der Waals surface area contributed by atoms with E-state index in [2.05, 4.69) is 5.32 Å². The van der Waals surface area contributed by atoms with E-state index < -0.39 is 10.8 Å². The fourth-order valence-corrected chi connectivity index (χ4v) is 2.79. The van der Waals surface area contributed by atoms with Crippen LogP contribution in [0.3, 0.4) is 0 Å². The number of amides is 1. The normalized spacial score (nSPS) is 13.1. The summed E-state index contributed by atoms with van der Waals surface area (Å²) in [5, 5.41) is 3.19. The Balaban J connectivity index is 2.75. The van der Waals surface area contributed by atoms with Gasteiger partial charge in [-0.3, -0.25) is 9.00 Å². The maximum absolute atomic E-state index is 12.1. The molecular weight excluding hydrogens is 284 g/mol. The van der Waals surface area contributed by atoms with Gasteiger partial charge in [0.25, 0.3) is 0 Å². The first-order valence-electron chi connectivity index (χ1n) is 5.99. The van der Waals surface area contributed by atoms with Crippen molar-refractivity contribution < 1.29 is 9.00 Å². The number of anilines is 1. The number of carbonyl (C=O) groups is 1. The SMILES string of the molecule is CCC(C)(C)NC(=O)CS(=O)c1cc(N)ccc1Cl. The van der Waals surface area contributed by atoms with Gasteiger partial charge in [0, 0.05) is 11.2 Å². The second-order valence-corrected chi connectivity index (χ2v) is 6.79. The van der Waals surface area contributed by atoms with Gasteiger partial charge in [-0.1, -0.05) is 18.5 Å². The van der Waals surface area contributed by atoms with Gasteiger partial charge in [0.1, 0.15) is 5.75 Å². The largest absolute Gasteiger partial charge is 0.399 e. The van der Waals surface area contributed by atoms with Crippen molar-refractivity contribution >= 4 is 34.0 Å². The van der Waals surface area contributed by atoms with Crippen LogP contribution in [0.15, 0.2) is 23.1 Å². The molecule has 0 aliphatic carbocycles. The average Bonchev–Trinajstić information content (AvgIpc) is 2.31. The molecule has 106 valence electrons. The molecule has 1 unspecified atom stereocenters. The van der Waals surface area contributed by atoms with Crippen LogP contribution in [0.2, 0.25) is 5.02 Å². The Kier molecular flexibility index (Phi) is 5.38. The average molecular weight is 303 g/mol. The van der Waals surface area contributed by atoms with Gasteiger partial charge in [0.2, 0.25) is 5.91 Å². The molecule has 1 amide bonds. The Morgan fingerprint density at radius 3 is 2.68 bits per heavy atom. The molecule has 1 aromatic rings. The highest BCUT2D eigenvalue weighted by Gasteiger charge is 2.20. The Morgan fingerprint density at radius 1 is 1.47 bits per heavy atom. The summed E-state index contributed by atoms with van der Waals surface area (Å²) in [7, 11) is -1.50. The highest BCUT2D eigenvalue weighted by atomic mass is 35.5. The van der Waals surface area contributed by atoms with Crippen molar-refractivity contribution in [2.45, 2.75) is 37.6 Å². The molecule has 0 aliphatic heterocycles. The van der Waals surface area contributed by atoms with E-state index in [0.29, 0.717) is 15.6 Å². The molecule has 1 atom stereocenters. The molecule has 0 spiro atoms. The van der Waals surface area contributed by atoms with Crippen molar-refractivity contribution in [3.05, 3.63) is 23.2 Å². The van der Waals surface area contributed by atoms with Crippen LogP contribution in [0.5, 0.6) is 0 Å². The molecule has 0 bridgehead atoms. The van der Waals surface area contributed by atoms with E-state index in [1.807, 2.05) is 20.8 Å². The molecule has 0 radical (unpaired) electrons. The van der Waals surface area contributed by atoms with Gasteiger partial charge < -0.3 is 11.1 Å². The van der Waals surface area contributed by atoms with Gasteiger partial charge in [-0.25, -0.2) is 0 Å². The number of carbonyl (C=O) groups excluding carboxylic acids is 1. The van der Waals surface area contributed by atoms with Gasteiger partial charge in [0.05, 0.1) is 20.7 Å². The maximum atomic E-state index is 12.1. The predicted octanol–water partition coefficient (Wildman–Crippen LogP) is 2.33. The minimum Gasteiger partial charge on any atom is -0.399 e. The quantitative estimate of drug-likeness (QED) is 0.820. The third kappa shape index (κ3) is 4.84. The van der Waals surface area contributed by atoms with Crippen LogP contribution in [0.1, 0.15) is 27.2 Å². The molecule has 0 fully saturated rings. The molecular formula is C13H19ClN2O2S. The van der Waals surface area contributed by atoms with Crippen LogP contribution in [0, 0.1) is 0 Å². The molecule has 3 N–H and O–H groups in total. The van der Waals surface area contributed by atoms with E-state index in [4.69, 9.17) is 17.3 Å². The fourth-order valence-electron chi connectivity index (χ4n) is 1.39. The highest BCUT2D eigenvalue weighted by molar-refractivity contribution is 7.85. The Labute approximate surface area is 121 Å². The number of benzene rings is 1. The second-order valence-electron chi connectivity index (χ2n) is 4.97. The molecule has 0 saturated heterocycles. The molecule has 19 heavy (non-hydrogen) atoms. The van der Waals surface area contributed by atoms with E-state index in [9.17, 15) is 9.00 Å². The predicted molar refractivity (Wildman–Crippen MR) is 79.7 cm³/mol. The Hall–Kier alpha value is -1.07. The summed E-state index contributed by atoms with van der Waals surface area (Å²) in [6.07, 6.45) is 0.796. The van der Waals surface area contributed by atoms with Crippen molar-refractivity contribution in [3.8, 4) is 0 Å². The lowest BCUT2D eigenvalue weighted by Gasteiger charge is -2.24. The smallest absolute Gasteiger partial charge is 0.233 e. The minimum absolute atomic E-state index is 0.118. The third-order valence-corrected chi connectivity index (χ3v) is 4.62. The summed E-state index contributed by atoms with van der Waals surface area (Å²) in [4.78, 5) is 12.2. The molecule has 1 rings (SSSR count). The van der Waals surface area contributed by atoms with Crippen LogP contribution >= 0.6 is 11.6 Å². The van der Waals surface area contributed by atoms with E-state index in [-0.39, 0.29) is 17.2 Å². The van der Waals surface area contributed by atoms with E-state index in [1.165, 1.54) is 6.07 Å². The molecule has 1 aromatic carbocycles. The van der Waals surface area contributed by atoms with Gasteiger partial charge in [-0.2, -0.15) is 0 Å². The Bertz CT molecular complexity index is 503. The van der Waals surface area contributed by atoms with Crippen molar-refractivity contribution in [2.75, 3.05) is 11.5 Å².